The summed E-state index contributed by atoms with van der Waals surface area (Å²) in [5, 5.41) is 9.25. The van der Waals surface area contributed by atoms with Gasteiger partial charge < -0.3 is 11.1 Å². The molecule has 0 fully saturated rings. The van der Waals surface area contributed by atoms with E-state index in [1.165, 1.54) is 11.8 Å². The van der Waals surface area contributed by atoms with Gasteiger partial charge in [0.25, 0.3) is 0 Å². The zero-order chi connectivity index (χ0) is 13.1. The van der Waals surface area contributed by atoms with Gasteiger partial charge in [0, 0.05) is 19.7 Å². The van der Waals surface area contributed by atoms with E-state index in [1.807, 2.05) is 37.7 Å². The molecule has 6 nitrogen and oxygen atoms in total. The minimum Gasteiger partial charge on any atom is -0.370 e. The first kappa shape index (κ1) is 12.7. The first-order chi connectivity index (χ1) is 8.58. The smallest absolute Gasteiger partial charge is 0.223 e. The van der Waals surface area contributed by atoms with Crippen LogP contribution < -0.4 is 11.1 Å². The molecule has 0 unspecified atom stereocenters. The highest BCUT2D eigenvalue weighted by molar-refractivity contribution is 7.99. The maximum absolute atomic E-state index is 5.69. The summed E-state index contributed by atoms with van der Waals surface area (Å²) in [6.45, 7) is 4.77. The van der Waals surface area contributed by atoms with Crippen molar-refractivity contribution in [2.24, 2.45) is 7.05 Å². The maximum Gasteiger partial charge on any atom is 0.223 e. The van der Waals surface area contributed by atoms with Crippen LogP contribution in [0.5, 0.6) is 0 Å². The first-order valence-electron chi connectivity index (χ1n) is 5.65. The summed E-state index contributed by atoms with van der Waals surface area (Å²) in [6.07, 6.45) is 0. The van der Waals surface area contributed by atoms with Gasteiger partial charge in [-0.1, -0.05) is 11.8 Å². The van der Waals surface area contributed by atoms with Crippen molar-refractivity contribution in [1.29, 1.82) is 0 Å². The van der Waals surface area contributed by atoms with E-state index in [9.17, 15) is 0 Å². The molecule has 0 saturated heterocycles. The number of anilines is 2. The highest BCUT2D eigenvalue weighted by Gasteiger charge is 2.08. The highest BCUT2D eigenvalue weighted by Crippen LogP contribution is 2.27. The molecule has 0 bridgehead atoms. The standard InChI is InChI=1S/C11H16N6S/c1-4-13-8-6-9(15-11(12)14-8)18-10-5-7(2)16-17(10)3/h5-6H,4H2,1-3H3,(H3,12,13,14,15). The van der Waals surface area contributed by atoms with Crippen molar-refractivity contribution < 1.29 is 0 Å². The number of hydrogen-bond donors (Lipinski definition) is 2. The van der Waals surface area contributed by atoms with E-state index in [0.29, 0.717) is 0 Å². The topological polar surface area (TPSA) is 81.7 Å². The normalized spacial score (nSPS) is 10.6. The van der Waals surface area contributed by atoms with Gasteiger partial charge in [0.1, 0.15) is 15.9 Å². The molecule has 2 aromatic heterocycles. The molecule has 0 aromatic carbocycles. The Kier molecular flexibility index (Phi) is 3.71. The molecule has 0 aliphatic rings. The SMILES string of the molecule is CCNc1cc(Sc2cc(C)nn2C)nc(N)n1. The summed E-state index contributed by atoms with van der Waals surface area (Å²) in [7, 11) is 1.91. The first-order valence-corrected chi connectivity index (χ1v) is 6.47. The van der Waals surface area contributed by atoms with Crippen LogP contribution in [0.1, 0.15) is 12.6 Å². The molecule has 0 aliphatic carbocycles. The summed E-state index contributed by atoms with van der Waals surface area (Å²) in [4.78, 5) is 8.32. The van der Waals surface area contributed by atoms with Crippen molar-refractivity contribution in [3.8, 4) is 0 Å². The zero-order valence-corrected chi connectivity index (χ0v) is 11.5. The molecule has 96 valence electrons. The van der Waals surface area contributed by atoms with E-state index in [4.69, 9.17) is 5.73 Å². The quantitative estimate of drug-likeness (QED) is 0.818. The van der Waals surface area contributed by atoms with Crippen LogP contribution >= 0.6 is 11.8 Å². The fourth-order valence-electron chi connectivity index (χ4n) is 1.56. The van der Waals surface area contributed by atoms with Gasteiger partial charge in [-0.15, -0.1) is 0 Å². The van der Waals surface area contributed by atoms with Gasteiger partial charge in [0.05, 0.1) is 5.69 Å². The number of nitrogens with one attached hydrogen (secondary N) is 1. The molecule has 2 heterocycles. The lowest BCUT2D eigenvalue weighted by atomic mass is 10.5. The van der Waals surface area contributed by atoms with Gasteiger partial charge in [-0.05, 0) is 19.9 Å². The van der Waals surface area contributed by atoms with Crippen LogP contribution in [0.25, 0.3) is 0 Å². The second kappa shape index (κ2) is 5.26. The minimum absolute atomic E-state index is 0.273. The Labute approximate surface area is 110 Å². The molecule has 2 rings (SSSR count). The maximum atomic E-state index is 5.69. The molecular weight excluding hydrogens is 248 g/mol. The van der Waals surface area contributed by atoms with Crippen molar-refractivity contribution in [3.05, 3.63) is 17.8 Å². The number of hydrogen-bond acceptors (Lipinski definition) is 6. The minimum atomic E-state index is 0.273. The van der Waals surface area contributed by atoms with Gasteiger partial charge in [-0.3, -0.25) is 4.68 Å². The summed E-state index contributed by atoms with van der Waals surface area (Å²) in [5.74, 6) is 1.02. The fraction of sp³-hybridized carbons (Fsp3) is 0.364. The number of aryl methyl sites for hydroxylation is 2. The van der Waals surface area contributed by atoms with Crippen molar-refractivity contribution in [3.63, 3.8) is 0 Å². The molecule has 0 aliphatic heterocycles. The van der Waals surface area contributed by atoms with Gasteiger partial charge >= 0.3 is 0 Å². The molecule has 0 spiro atoms. The van der Waals surface area contributed by atoms with E-state index < -0.39 is 0 Å². The Morgan fingerprint density at radius 3 is 2.78 bits per heavy atom. The van der Waals surface area contributed by atoms with E-state index in [1.54, 1.807) is 0 Å². The van der Waals surface area contributed by atoms with E-state index in [0.717, 1.165) is 28.1 Å². The summed E-state index contributed by atoms with van der Waals surface area (Å²) in [5.41, 5.74) is 6.67. The van der Waals surface area contributed by atoms with Crippen molar-refractivity contribution >= 4 is 23.5 Å². The predicted octanol–water partition coefficient (Wildman–Crippen LogP) is 1.68. The highest BCUT2D eigenvalue weighted by atomic mass is 32.2. The zero-order valence-electron chi connectivity index (χ0n) is 10.6. The largest absolute Gasteiger partial charge is 0.370 e. The Morgan fingerprint density at radius 1 is 1.39 bits per heavy atom. The molecule has 0 radical (unpaired) electrons. The third-order valence-electron chi connectivity index (χ3n) is 2.25. The van der Waals surface area contributed by atoms with Crippen LogP contribution in [0.15, 0.2) is 22.2 Å². The monoisotopic (exact) mass is 264 g/mol. The van der Waals surface area contributed by atoms with Gasteiger partial charge in [0.2, 0.25) is 5.95 Å². The molecule has 0 amide bonds. The molecule has 18 heavy (non-hydrogen) atoms. The average molecular weight is 264 g/mol. The Hall–Kier alpha value is -1.76. The average Bonchev–Trinajstić information content (AvgIpc) is 2.57. The van der Waals surface area contributed by atoms with E-state index in [-0.39, 0.29) is 5.95 Å². The summed E-state index contributed by atoms with van der Waals surface area (Å²) in [6, 6.07) is 3.89. The van der Waals surface area contributed by atoms with Crippen LogP contribution in [-0.2, 0) is 7.05 Å². The summed E-state index contributed by atoms with van der Waals surface area (Å²) < 4.78 is 1.82. The van der Waals surface area contributed by atoms with Crippen molar-refractivity contribution in [1.82, 2.24) is 19.7 Å². The molecule has 0 atom stereocenters. The Bertz CT molecular complexity index is 550. The van der Waals surface area contributed by atoms with Crippen LogP contribution in [0.2, 0.25) is 0 Å². The molecule has 3 N–H and O–H groups in total. The number of rotatable bonds is 4. The molecule has 0 saturated carbocycles. The van der Waals surface area contributed by atoms with Gasteiger partial charge in [0.15, 0.2) is 0 Å². The molecule has 7 heteroatoms. The Balaban J connectivity index is 2.25. The number of nitrogens with zero attached hydrogens (tertiary/aromatic N) is 4. The lowest BCUT2D eigenvalue weighted by molar-refractivity contribution is 0.692. The second-order valence-corrected chi connectivity index (χ2v) is 4.87. The van der Waals surface area contributed by atoms with Gasteiger partial charge in [-0.25, -0.2) is 4.98 Å². The fourth-order valence-corrected chi connectivity index (χ4v) is 2.48. The lowest BCUT2D eigenvalue weighted by Gasteiger charge is -2.06. The van der Waals surface area contributed by atoms with Crippen molar-refractivity contribution in [2.75, 3.05) is 17.6 Å². The molecular formula is C11H16N6S. The second-order valence-electron chi connectivity index (χ2n) is 3.83. The third-order valence-corrected chi connectivity index (χ3v) is 3.26. The third kappa shape index (κ3) is 2.92. The number of nitrogens with two attached hydrogens (primary N) is 1. The molecule has 2 aromatic rings. The number of aromatic nitrogens is 4. The predicted molar refractivity (Wildman–Crippen MR) is 72.7 cm³/mol. The van der Waals surface area contributed by atoms with Crippen LogP contribution in [0.3, 0.4) is 0 Å². The van der Waals surface area contributed by atoms with Crippen LogP contribution in [-0.4, -0.2) is 26.3 Å². The summed E-state index contributed by atoms with van der Waals surface area (Å²) >= 11 is 1.52. The van der Waals surface area contributed by atoms with Crippen molar-refractivity contribution in [2.45, 2.75) is 23.9 Å². The van der Waals surface area contributed by atoms with E-state index in [2.05, 4.69) is 20.4 Å². The van der Waals surface area contributed by atoms with Crippen LogP contribution in [0.4, 0.5) is 11.8 Å². The Morgan fingerprint density at radius 2 is 2.17 bits per heavy atom. The lowest BCUT2D eigenvalue weighted by Crippen LogP contribution is -2.04. The van der Waals surface area contributed by atoms with Crippen LogP contribution in [0, 0.1) is 6.92 Å². The van der Waals surface area contributed by atoms with E-state index >= 15 is 0 Å². The number of nitrogen functional groups attached to an aromatic ring is 1. The van der Waals surface area contributed by atoms with Gasteiger partial charge in [-0.2, -0.15) is 10.1 Å².